The number of para-hydroxylation sites is 1. The van der Waals surface area contributed by atoms with Crippen molar-refractivity contribution in [3.8, 4) is 22.6 Å². The van der Waals surface area contributed by atoms with Crippen LogP contribution in [0, 0.1) is 0 Å². The Hall–Kier alpha value is -2.49. The molecule has 2 aromatic carbocycles. The highest BCUT2D eigenvalue weighted by atomic mass is 16.5. The maximum absolute atomic E-state index is 11.5. The fourth-order valence-corrected chi connectivity index (χ4v) is 2.19. The fourth-order valence-electron chi connectivity index (χ4n) is 2.19. The van der Waals surface area contributed by atoms with Gasteiger partial charge in [-0.3, -0.25) is 0 Å². The average Bonchev–Trinajstić information content (AvgIpc) is 2.46. The summed E-state index contributed by atoms with van der Waals surface area (Å²) >= 11 is 0. The first-order chi connectivity index (χ1) is 10.0. The molecular formula is C17H18O4. The maximum Gasteiger partial charge on any atom is 0.336 e. The van der Waals surface area contributed by atoms with Gasteiger partial charge in [-0.1, -0.05) is 24.3 Å². The summed E-state index contributed by atoms with van der Waals surface area (Å²) in [5, 5.41) is 9.42. The van der Waals surface area contributed by atoms with Crippen molar-refractivity contribution in [2.24, 2.45) is 0 Å². The molecule has 4 nitrogen and oxygen atoms in total. The van der Waals surface area contributed by atoms with E-state index in [1.54, 1.807) is 18.2 Å². The van der Waals surface area contributed by atoms with Gasteiger partial charge in [-0.2, -0.15) is 0 Å². The van der Waals surface area contributed by atoms with Crippen molar-refractivity contribution in [2.75, 3.05) is 7.11 Å². The number of carbonyl (C=O) groups is 1. The van der Waals surface area contributed by atoms with Gasteiger partial charge in [0.05, 0.1) is 18.8 Å². The molecule has 0 bridgehead atoms. The Morgan fingerprint density at radius 3 is 2.33 bits per heavy atom. The Labute approximate surface area is 123 Å². The summed E-state index contributed by atoms with van der Waals surface area (Å²) in [5.41, 5.74) is 1.43. The molecule has 0 aromatic heterocycles. The second-order valence-corrected chi connectivity index (χ2v) is 4.85. The van der Waals surface area contributed by atoms with Gasteiger partial charge in [0.2, 0.25) is 0 Å². The molecule has 0 saturated carbocycles. The van der Waals surface area contributed by atoms with E-state index in [4.69, 9.17) is 9.47 Å². The minimum Gasteiger partial charge on any atom is -0.496 e. The highest BCUT2D eigenvalue weighted by Crippen LogP contribution is 2.39. The second kappa shape index (κ2) is 6.31. The molecule has 0 radical (unpaired) electrons. The van der Waals surface area contributed by atoms with Crippen LogP contribution in [-0.2, 0) is 0 Å². The van der Waals surface area contributed by atoms with Gasteiger partial charge >= 0.3 is 5.97 Å². The SMILES string of the molecule is COc1cccc(C(=O)O)c1-c1ccccc1OC(C)C. The Kier molecular flexibility index (Phi) is 4.48. The van der Waals surface area contributed by atoms with Gasteiger partial charge in [-0.05, 0) is 32.0 Å². The molecule has 0 atom stereocenters. The lowest BCUT2D eigenvalue weighted by molar-refractivity contribution is 0.0697. The van der Waals surface area contributed by atoms with Crippen LogP contribution in [0.2, 0.25) is 0 Å². The van der Waals surface area contributed by atoms with E-state index in [0.29, 0.717) is 22.6 Å². The Balaban J connectivity index is 2.69. The van der Waals surface area contributed by atoms with Crippen molar-refractivity contribution >= 4 is 5.97 Å². The summed E-state index contributed by atoms with van der Waals surface area (Å²) in [7, 11) is 1.52. The number of hydrogen-bond donors (Lipinski definition) is 1. The van der Waals surface area contributed by atoms with Crippen LogP contribution in [0.3, 0.4) is 0 Å². The van der Waals surface area contributed by atoms with E-state index < -0.39 is 5.97 Å². The number of ether oxygens (including phenoxy) is 2. The largest absolute Gasteiger partial charge is 0.496 e. The molecule has 0 aliphatic heterocycles. The summed E-state index contributed by atoms with van der Waals surface area (Å²) in [6.07, 6.45) is -0.00543. The van der Waals surface area contributed by atoms with Gasteiger partial charge in [0.15, 0.2) is 0 Å². The van der Waals surface area contributed by atoms with Crippen molar-refractivity contribution in [2.45, 2.75) is 20.0 Å². The van der Waals surface area contributed by atoms with Crippen molar-refractivity contribution in [3.05, 3.63) is 48.0 Å². The van der Waals surface area contributed by atoms with Crippen LogP contribution in [0.4, 0.5) is 0 Å². The lowest BCUT2D eigenvalue weighted by Crippen LogP contribution is -2.08. The van der Waals surface area contributed by atoms with Crippen LogP contribution in [0.5, 0.6) is 11.5 Å². The van der Waals surface area contributed by atoms with E-state index >= 15 is 0 Å². The molecule has 0 aliphatic rings. The number of methoxy groups -OCH3 is 1. The number of carboxylic acid groups (broad SMARTS) is 1. The zero-order valence-corrected chi connectivity index (χ0v) is 12.3. The lowest BCUT2D eigenvalue weighted by Gasteiger charge is -2.17. The topological polar surface area (TPSA) is 55.8 Å². The molecule has 1 N–H and O–H groups in total. The molecule has 2 rings (SSSR count). The van der Waals surface area contributed by atoms with Crippen molar-refractivity contribution in [1.29, 1.82) is 0 Å². The molecule has 0 unspecified atom stereocenters. The summed E-state index contributed by atoms with van der Waals surface area (Å²) < 4.78 is 11.1. The third-order valence-corrected chi connectivity index (χ3v) is 3.00. The van der Waals surface area contributed by atoms with Gasteiger partial charge < -0.3 is 14.6 Å². The molecule has 0 aliphatic carbocycles. The zero-order valence-electron chi connectivity index (χ0n) is 12.3. The highest BCUT2D eigenvalue weighted by molar-refractivity contribution is 5.99. The van der Waals surface area contributed by atoms with Crippen molar-refractivity contribution in [3.63, 3.8) is 0 Å². The second-order valence-electron chi connectivity index (χ2n) is 4.85. The zero-order chi connectivity index (χ0) is 15.4. The van der Waals surface area contributed by atoms with E-state index in [2.05, 4.69) is 0 Å². The van der Waals surface area contributed by atoms with Gasteiger partial charge in [0.25, 0.3) is 0 Å². The minimum absolute atomic E-state index is 0.00543. The first-order valence-corrected chi connectivity index (χ1v) is 6.71. The van der Waals surface area contributed by atoms with E-state index in [1.165, 1.54) is 7.11 Å². The van der Waals surface area contributed by atoms with E-state index in [1.807, 2.05) is 38.1 Å². The minimum atomic E-state index is -0.997. The van der Waals surface area contributed by atoms with Crippen molar-refractivity contribution in [1.82, 2.24) is 0 Å². The van der Waals surface area contributed by atoms with Crippen LogP contribution in [0.15, 0.2) is 42.5 Å². The predicted octanol–water partition coefficient (Wildman–Crippen LogP) is 3.85. The van der Waals surface area contributed by atoms with Gasteiger partial charge in [0.1, 0.15) is 11.5 Å². The Morgan fingerprint density at radius 1 is 1.05 bits per heavy atom. The maximum atomic E-state index is 11.5. The van der Waals surface area contributed by atoms with Crippen LogP contribution in [-0.4, -0.2) is 24.3 Å². The third-order valence-electron chi connectivity index (χ3n) is 3.00. The van der Waals surface area contributed by atoms with E-state index in [9.17, 15) is 9.90 Å². The molecule has 4 heteroatoms. The molecule has 110 valence electrons. The summed E-state index contributed by atoms with van der Waals surface area (Å²) in [6.45, 7) is 3.86. The predicted molar refractivity (Wildman–Crippen MR) is 81.2 cm³/mol. The first kappa shape index (κ1) is 14.9. The highest BCUT2D eigenvalue weighted by Gasteiger charge is 2.19. The third kappa shape index (κ3) is 3.16. The number of hydrogen-bond acceptors (Lipinski definition) is 3. The number of carboxylic acids is 1. The van der Waals surface area contributed by atoms with Gasteiger partial charge in [0, 0.05) is 11.1 Å². The number of aromatic carboxylic acids is 1. The quantitative estimate of drug-likeness (QED) is 0.907. The Morgan fingerprint density at radius 2 is 1.71 bits per heavy atom. The van der Waals surface area contributed by atoms with Crippen LogP contribution in [0.1, 0.15) is 24.2 Å². The number of rotatable bonds is 5. The smallest absolute Gasteiger partial charge is 0.336 e. The molecule has 0 fully saturated rings. The Bertz CT molecular complexity index is 647. The van der Waals surface area contributed by atoms with E-state index in [-0.39, 0.29) is 11.7 Å². The molecule has 0 heterocycles. The fraction of sp³-hybridized carbons (Fsp3) is 0.235. The first-order valence-electron chi connectivity index (χ1n) is 6.71. The average molecular weight is 286 g/mol. The molecule has 21 heavy (non-hydrogen) atoms. The molecular weight excluding hydrogens is 268 g/mol. The summed E-state index contributed by atoms with van der Waals surface area (Å²) in [6, 6.07) is 12.3. The molecule has 0 spiro atoms. The van der Waals surface area contributed by atoms with Gasteiger partial charge in [-0.15, -0.1) is 0 Å². The van der Waals surface area contributed by atoms with E-state index in [0.717, 1.165) is 0 Å². The standard InChI is InChI=1S/C17H18O4/c1-11(2)21-14-9-5-4-7-12(14)16-13(17(18)19)8-6-10-15(16)20-3/h4-11H,1-3H3,(H,18,19). The molecule has 0 saturated heterocycles. The van der Waals surface area contributed by atoms with Gasteiger partial charge in [-0.25, -0.2) is 4.79 Å². The van der Waals surface area contributed by atoms with Crippen LogP contribution >= 0.6 is 0 Å². The molecule has 0 amide bonds. The molecule has 2 aromatic rings. The normalized spacial score (nSPS) is 10.5. The van der Waals surface area contributed by atoms with Crippen molar-refractivity contribution < 1.29 is 19.4 Å². The number of benzene rings is 2. The lowest BCUT2D eigenvalue weighted by atomic mass is 9.97. The summed E-state index contributed by atoms with van der Waals surface area (Å²) in [5.74, 6) is 0.150. The van der Waals surface area contributed by atoms with Crippen LogP contribution < -0.4 is 9.47 Å². The summed E-state index contributed by atoms with van der Waals surface area (Å²) in [4.78, 5) is 11.5. The monoisotopic (exact) mass is 286 g/mol. The van der Waals surface area contributed by atoms with Crippen LogP contribution in [0.25, 0.3) is 11.1 Å².